The van der Waals surface area contributed by atoms with Crippen LogP contribution in [-0.4, -0.2) is 31.1 Å². The Balaban J connectivity index is 1.40. The van der Waals surface area contributed by atoms with E-state index in [1.54, 1.807) is 0 Å². The van der Waals surface area contributed by atoms with Crippen LogP contribution in [0.25, 0.3) is 0 Å². The van der Waals surface area contributed by atoms with E-state index in [4.69, 9.17) is 0 Å². The summed E-state index contributed by atoms with van der Waals surface area (Å²) in [6, 6.07) is 8.58. The summed E-state index contributed by atoms with van der Waals surface area (Å²) < 4.78 is 0. The molecule has 116 valence electrons. The molecule has 1 heterocycles. The molecule has 1 saturated carbocycles. The maximum absolute atomic E-state index is 3.59. The van der Waals surface area contributed by atoms with E-state index in [1.807, 2.05) is 0 Å². The summed E-state index contributed by atoms with van der Waals surface area (Å²) in [4.78, 5) is 2.66. The first-order chi connectivity index (χ1) is 10.3. The maximum atomic E-state index is 3.59. The van der Waals surface area contributed by atoms with Gasteiger partial charge in [0.1, 0.15) is 0 Å². The summed E-state index contributed by atoms with van der Waals surface area (Å²) in [5, 5.41) is 3.59. The van der Waals surface area contributed by atoms with Crippen LogP contribution in [0.15, 0.2) is 24.3 Å². The molecule has 2 nitrogen and oxygen atoms in total. The van der Waals surface area contributed by atoms with Gasteiger partial charge in [-0.3, -0.25) is 0 Å². The average Bonchev–Trinajstić information content (AvgIpc) is 2.52. The van der Waals surface area contributed by atoms with E-state index in [1.165, 1.54) is 75.8 Å². The Morgan fingerprint density at radius 3 is 2.43 bits per heavy atom. The average molecular weight is 286 g/mol. The molecule has 0 atom stereocenters. The Bertz CT molecular complexity index is 439. The van der Waals surface area contributed by atoms with Gasteiger partial charge in [-0.15, -0.1) is 0 Å². The first-order valence-electron chi connectivity index (χ1n) is 8.79. The molecule has 0 aromatic heterocycles. The molecular formula is C19H30N2. The van der Waals surface area contributed by atoms with Gasteiger partial charge in [-0.2, -0.15) is 0 Å². The summed E-state index contributed by atoms with van der Waals surface area (Å²) in [6.45, 7) is 7.06. The van der Waals surface area contributed by atoms with Crippen molar-refractivity contribution >= 4 is 5.69 Å². The largest absolute Gasteiger partial charge is 0.384 e. The highest BCUT2D eigenvalue weighted by atomic mass is 15.1. The van der Waals surface area contributed by atoms with Crippen molar-refractivity contribution in [3.63, 3.8) is 0 Å². The minimum absolute atomic E-state index is 0.734. The van der Waals surface area contributed by atoms with Gasteiger partial charge in [0, 0.05) is 18.8 Å². The van der Waals surface area contributed by atoms with Gasteiger partial charge in [0.15, 0.2) is 0 Å². The summed E-state index contributed by atoms with van der Waals surface area (Å²) >= 11 is 0. The SMILES string of the molecule is Cc1ccccc1NCCN1CCC2(CCCCC2)CC1. The van der Waals surface area contributed by atoms with Gasteiger partial charge in [-0.25, -0.2) is 0 Å². The Hall–Kier alpha value is -1.02. The highest BCUT2D eigenvalue weighted by molar-refractivity contribution is 5.50. The Morgan fingerprint density at radius 2 is 1.71 bits per heavy atom. The number of para-hydroxylation sites is 1. The second kappa shape index (κ2) is 6.83. The van der Waals surface area contributed by atoms with E-state index in [9.17, 15) is 0 Å². The molecule has 2 fully saturated rings. The van der Waals surface area contributed by atoms with E-state index in [-0.39, 0.29) is 0 Å². The fourth-order valence-electron chi connectivity index (χ4n) is 4.17. The van der Waals surface area contributed by atoms with Crippen LogP contribution in [0.4, 0.5) is 5.69 Å². The molecule has 2 aliphatic rings. The van der Waals surface area contributed by atoms with E-state index in [2.05, 4.69) is 41.4 Å². The van der Waals surface area contributed by atoms with Crippen molar-refractivity contribution < 1.29 is 0 Å². The fraction of sp³-hybridized carbons (Fsp3) is 0.684. The van der Waals surface area contributed by atoms with Crippen LogP contribution >= 0.6 is 0 Å². The number of likely N-dealkylation sites (tertiary alicyclic amines) is 1. The van der Waals surface area contributed by atoms with E-state index < -0.39 is 0 Å². The number of nitrogens with one attached hydrogen (secondary N) is 1. The van der Waals surface area contributed by atoms with Crippen molar-refractivity contribution in [2.75, 3.05) is 31.5 Å². The minimum Gasteiger partial charge on any atom is -0.384 e. The quantitative estimate of drug-likeness (QED) is 0.879. The number of aryl methyl sites for hydroxylation is 1. The van der Waals surface area contributed by atoms with Gasteiger partial charge in [-0.1, -0.05) is 37.5 Å². The van der Waals surface area contributed by atoms with E-state index in [0.29, 0.717) is 0 Å². The molecule has 1 aromatic carbocycles. The molecule has 0 amide bonds. The lowest BCUT2D eigenvalue weighted by Crippen LogP contribution is -2.42. The van der Waals surface area contributed by atoms with Gasteiger partial charge in [-0.05, 0) is 62.7 Å². The van der Waals surface area contributed by atoms with Gasteiger partial charge in [0.05, 0.1) is 0 Å². The smallest absolute Gasteiger partial charge is 0.0370 e. The molecule has 21 heavy (non-hydrogen) atoms. The minimum atomic E-state index is 0.734. The Kier molecular flexibility index (Phi) is 4.84. The third-order valence-electron chi connectivity index (χ3n) is 5.72. The van der Waals surface area contributed by atoms with E-state index in [0.717, 1.165) is 12.0 Å². The van der Waals surface area contributed by atoms with Crippen molar-refractivity contribution in [2.45, 2.75) is 51.9 Å². The predicted molar refractivity (Wildman–Crippen MR) is 90.9 cm³/mol. The topological polar surface area (TPSA) is 15.3 Å². The predicted octanol–water partition coefficient (Wildman–Crippen LogP) is 4.45. The van der Waals surface area contributed by atoms with Gasteiger partial charge >= 0.3 is 0 Å². The van der Waals surface area contributed by atoms with Crippen LogP contribution < -0.4 is 5.32 Å². The number of benzene rings is 1. The summed E-state index contributed by atoms with van der Waals surface area (Å²) in [5.41, 5.74) is 3.37. The molecule has 2 heteroatoms. The second-order valence-corrected chi connectivity index (χ2v) is 7.14. The second-order valence-electron chi connectivity index (χ2n) is 7.14. The Morgan fingerprint density at radius 1 is 1.00 bits per heavy atom. The van der Waals surface area contributed by atoms with Gasteiger partial charge < -0.3 is 10.2 Å². The summed E-state index contributed by atoms with van der Waals surface area (Å²) in [6.07, 6.45) is 10.3. The molecule has 1 N–H and O–H groups in total. The lowest BCUT2D eigenvalue weighted by Gasteiger charge is -2.44. The van der Waals surface area contributed by atoms with Crippen LogP contribution in [0.3, 0.4) is 0 Å². The third-order valence-corrected chi connectivity index (χ3v) is 5.72. The molecule has 1 aromatic rings. The molecule has 1 spiro atoms. The summed E-state index contributed by atoms with van der Waals surface area (Å²) in [5.74, 6) is 0. The molecule has 0 radical (unpaired) electrons. The lowest BCUT2D eigenvalue weighted by atomic mass is 9.68. The summed E-state index contributed by atoms with van der Waals surface area (Å²) in [7, 11) is 0. The van der Waals surface area contributed by atoms with Gasteiger partial charge in [0.25, 0.3) is 0 Å². The molecule has 1 saturated heterocycles. The fourth-order valence-corrected chi connectivity index (χ4v) is 4.17. The standard InChI is InChI=1S/C19H30N2/c1-17-7-3-4-8-18(17)20-13-16-21-14-11-19(12-15-21)9-5-2-6-10-19/h3-4,7-8,20H,2,5-6,9-16H2,1H3. The van der Waals surface area contributed by atoms with Crippen LogP contribution in [0, 0.1) is 12.3 Å². The maximum Gasteiger partial charge on any atom is 0.0370 e. The highest BCUT2D eigenvalue weighted by Crippen LogP contribution is 2.44. The zero-order valence-electron chi connectivity index (χ0n) is 13.5. The van der Waals surface area contributed by atoms with Crippen LogP contribution in [0.2, 0.25) is 0 Å². The van der Waals surface area contributed by atoms with Gasteiger partial charge in [0.2, 0.25) is 0 Å². The van der Waals surface area contributed by atoms with Crippen LogP contribution in [0.5, 0.6) is 0 Å². The highest BCUT2D eigenvalue weighted by Gasteiger charge is 2.35. The van der Waals surface area contributed by atoms with Crippen LogP contribution in [0.1, 0.15) is 50.5 Å². The number of nitrogens with zero attached hydrogens (tertiary/aromatic N) is 1. The van der Waals surface area contributed by atoms with Crippen molar-refractivity contribution in [2.24, 2.45) is 5.41 Å². The number of hydrogen-bond acceptors (Lipinski definition) is 2. The number of anilines is 1. The van der Waals surface area contributed by atoms with Crippen molar-refractivity contribution in [1.82, 2.24) is 4.90 Å². The monoisotopic (exact) mass is 286 g/mol. The molecule has 0 unspecified atom stereocenters. The first-order valence-corrected chi connectivity index (χ1v) is 8.79. The molecule has 0 bridgehead atoms. The molecule has 1 aliphatic carbocycles. The Labute approximate surface area is 129 Å². The van der Waals surface area contributed by atoms with Crippen molar-refractivity contribution in [1.29, 1.82) is 0 Å². The van der Waals surface area contributed by atoms with Crippen LogP contribution in [-0.2, 0) is 0 Å². The number of piperidine rings is 1. The van der Waals surface area contributed by atoms with Crippen molar-refractivity contribution in [3.05, 3.63) is 29.8 Å². The first kappa shape index (κ1) is 14.9. The molecular weight excluding hydrogens is 256 g/mol. The lowest BCUT2D eigenvalue weighted by molar-refractivity contribution is 0.0699. The molecule has 1 aliphatic heterocycles. The number of rotatable bonds is 4. The zero-order valence-corrected chi connectivity index (χ0v) is 13.5. The normalized spacial score (nSPS) is 22.3. The van der Waals surface area contributed by atoms with Crippen molar-refractivity contribution in [3.8, 4) is 0 Å². The van der Waals surface area contributed by atoms with E-state index >= 15 is 0 Å². The third kappa shape index (κ3) is 3.79. The number of hydrogen-bond donors (Lipinski definition) is 1. The molecule has 3 rings (SSSR count). The zero-order chi connectivity index (χ0) is 14.5.